The minimum atomic E-state index is -0.904. The zero-order valence-corrected chi connectivity index (χ0v) is 18.5. The molecule has 1 amide bonds. The summed E-state index contributed by atoms with van der Waals surface area (Å²) in [5.74, 6) is -0.152. The second kappa shape index (κ2) is 9.08. The Hall–Kier alpha value is -3.26. The van der Waals surface area contributed by atoms with E-state index in [1.54, 1.807) is 0 Å². The lowest BCUT2D eigenvalue weighted by atomic mass is 10.1. The van der Waals surface area contributed by atoms with E-state index < -0.39 is 20.1 Å². The molecule has 32 heavy (non-hydrogen) atoms. The van der Waals surface area contributed by atoms with E-state index in [2.05, 4.69) is 35.6 Å². The average molecular weight is 437 g/mol. The highest BCUT2D eigenvalue weighted by Gasteiger charge is 2.33. The van der Waals surface area contributed by atoms with Crippen LogP contribution in [0.15, 0.2) is 109 Å². The van der Waals surface area contributed by atoms with Crippen LogP contribution in [0.4, 0.5) is 0 Å². The van der Waals surface area contributed by atoms with Crippen molar-refractivity contribution in [2.75, 3.05) is 0 Å². The molecule has 0 bridgehead atoms. The van der Waals surface area contributed by atoms with Crippen LogP contribution < -0.4 is 21.2 Å². The lowest BCUT2D eigenvalue weighted by Crippen LogP contribution is -2.36. The van der Waals surface area contributed by atoms with Gasteiger partial charge in [0.15, 0.2) is 0 Å². The fraction of sp³-hybridized carbons (Fsp3) is 0.107. The molecule has 0 saturated heterocycles. The fourth-order valence-electron chi connectivity index (χ4n) is 4.41. The number of fused-ring (bicyclic) bond motifs is 1. The SMILES string of the molecule is O=C(N[C@H]1c2ccccc2C[C@H]1O)c1ccccc1P(c1ccccc1)c1ccccc1. The van der Waals surface area contributed by atoms with Crippen molar-refractivity contribution in [3.05, 3.63) is 126 Å². The number of amides is 1. The lowest BCUT2D eigenvalue weighted by Gasteiger charge is -2.23. The van der Waals surface area contributed by atoms with Gasteiger partial charge in [-0.2, -0.15) is 0 Å². The van der Waals surface area contributed by atoms with E-state index in [1.165, 1.54) is 10.6 Å². The minimum absolute atomic E-state index is 0.152. The van der Waals surface area contributed by atoms with Crippen LogP contribution >= 0.6 is 7.92 Å². The number of hydrogen-bond acceptors (Lipinski definition) is 2. The molecule has 0 spiro atoms. The standard InChI is InChI=1S/C28H24NO2P/c30-25-19-20-11-7-8-16-23(20)27(25)29-28(31)24-17-9-10-18-26(24)32(21-12-3-1-4-13-21)22-14-5-2-6-15-22/h1-18,25,27,30H,19H2,(H,29,31)/t25-,27+/m1/s1. The van der Waals surface area contributed by atoms with Gasteiger partial charge in [0, 0.05) is 12.0 Å². The van der Waals surface area contributed by atoms with Gasteiger partial charge in [-0.05, 0) is 41.0 Å². The predicted octanol–water partition coefficient (Wildman–Crippen LogP) is 3.83. The highest BCUT2D eigenvalue weighted by Crippen LogP contribution is 2.35. The normalized spacial score (nSPS) is 17.2. The van der Waals surface area contributed by atoms with Gasteiger partial charge in [0.2, 0.25) is 0 Å². The van der Waals surface area contributed by atoms with Crippen molar-refractivity contribution in [3.63, 3.8) is 0 Å². The van der Waals surface area contributed by atoms with Crippen LogP contribution in [-0.4, -0.2) is 17.1 Å². The van der Waals surface area contributed by atoms with Gasteiger partial charge in [0.05, 0.1) is 12.1 Å². The summed E-state index contributed by atoms with van der Waals surface area (Å²) >= 11 is 0. The molecule has 1 aliphatic carbocycles. The van der Waals surface area contributed by atoms with E-state index in [-0.39, 0.29) is 5.91 Å². The van der Waals surface area contributed by atoms with Crippen molar-refractivity contribution in [1.29, 1.82) is 0 Å². The van der Waals surface area contributed by atoms with Gasteiger partial charge >= 0.3 is 0 Å². The minimum Gasteiger partial charge on any atom is -0.390 e. The number of carbonyl (C=O) groups is 1. The van der Waals surface area contributed by atoms with Crippen LogP contribution in [0.1, 0.15) is 27.5 Å². The predicted molar refractivity (Wildman–Crippen MR) is 132 cm³/mol. The third kappa shape index (κ3) is 3.98. The third-order valence-electron chi connectivity index (χ3n) is 5.91. The first-order valence-electron chi connectivity index (χ1n) is 10.8. The molecule has 0 unspecified atom stereocenters. The van der Waals surface area contributed by atoms with Crippen LogP contribution in [-0.2, 0) is 6.42 Å². The van der Waals surface area contributed by atoms with Crippen molar-refractivity contribution in [1.82, 2.24) is 5.32 Å². The first kappa shape index (κ1) is 20.6. The molecule has 0 saturated carbocycles. The molecule has 3 nitrogen and oxygen atoms in total. The second-order valence-corrected chi connectivity index (χ2v) is 10.1. The quantitative estimate of drug-likeness (QED) is 0.466. The second-order valence-electron chi connectivity index (χ2n) is 7.95. The summed E-state index contributed by atoms with van der Waals surface area (Å²) < 4.78 is 0. The topological polar surface area (TPSA) is 49.3 Å². The molecule has 4 heteroatoms. The highest BCUT2D eigenvalue weighted by atomic mass is 31.1. The summed E-state index contributed by atoms with van der Waals surface area (Å²) in [6, 6.07) is 36.1. The molecular weight excluding hydrogens is 413 g/mol. The number of rotatable bonds is 5. The number of aliphatic hydroxyl groups is 1. The van der Waals surface area contributed by atoms with Crippen molar-refractivity contribution < 1.29 is 9.90 Å². The molecule has 4 aromatic rings. The molecule has 2 atom stereocenters. The molecule has 0 fully saturated rings. The monoisotopic (exact) mass is 437 g/mol. The first-order valence-corrected chi connectivity index (χ1v) is 12.1. The van der Waals surface area contributed by atoms with Gasteiger partial charge < -0.3 is 10.4 Å². The Kier molecular flexibility index (Phi) is 5.85. The lowest BCUT2D eigenvalue weighted by molar-refractivity contribution is 0.0859. The number of carbonyl (C=O) groups excluding carboxylic acids is 1. The van der Waals surface area contributed by atoms with E-state index in [9.17, 15) is 9.90 Å². The molecule has 4 aromatic carbocycles. The number of hydrogen-bond donors (Lipinski definition) is 2. The zero-order valence-electron chi connectivity index (χ0n) is 17.6. The van der Waals surface area contributed by atoms with Crippen LogP contribution in [0.3, 0.4) is 0 Å². The van der Waals surface area contributed by atoms with Crippen molar-refractivity contribution in [3.8, 4) is 0 Å². The van der Waals surface area contributed by atoms with Crippen molar-refractivity contribution in [2.24, 2.45) is 0 Å². The van der Waals surface area contributed by atoms with Gasteiger partial charge in [-0.15, -0.1) is 0 Å². The number of aliphatic hydroxyl groups excluding tert-OH is 1. The largest absolute Gasteiger partial charge is 0.390 e. The zero-order chi connectivity index (χ0) is 21.9. The molecule has 0 aromatic heterocycles. The maximum Gasteiger partial charge on any atom is 0.252 e. The average Bonchev–Trinajstić information content (AvgIpc) is 3.16. The summed E-state index contributed by atoms with van der Waals surface area (Å²) in [7, 11) is -0.904. The Labute approximate surface area is 189 Å². The van der Waals surface area contributed by atoms with E-state index in [0.717, 1.165) is 16.4 Å². The van der Waals surface area contributed by atoms with Gasteiger partial charge in [0.25, 0.3) is 5.91 Å². The van der Waals surface area contributed by atoms with E-state index >= 15 is 0 Å². The van der Waals surface area contributed by atoms with Crippen LogP contribution in [0, 0.1) is 0 Å². The van der Waals surface area contributed by atoms with Crippen LogP contribution in [0.2, 0.25) is 0 Å². The number of nitrogens with one attached hydrogen (secondary N) is 1. The molecule has 0 heterocycles. The van der Waals surface area contributed by atoms with Gasteiger partial charge in [-0.1, -0.05) is 103 Å². The van der Waals surface area contributed by atoms with Crippen LogP contribution in [0.25, 0.3) is 0 Å². The summed E-state index contributed by atoms with van der Waals surface area (Å²) in [6.07, 6.45) is -0.0583. The first-order chi connectivity index (χ1) is 15.7. The van der Waals surface area contributed by atoms with Crippen molar-refractivity contribution >= 4 is 29.7 Å². The van der Waals surface area contributed by atoms with Crippen molar-refractivity contribution in [2.45, 2.75) is 18.6 Å². The number of benzene rings is 4. The third-order valence-corrected chi connectivity index (χ3v) is 8.41. The molecule has 158 valence electrons. The van der Waals surface area contributed by atoms with Gasteiger partial charge in [-0.25, -0.2) is 0 Å². The van der Waals surface area contributed by atoms with E-state index in [0.29, 0.717) is 12.0 Å². The summed E-state index contributed by atoms with van der Waals surface area (Å²) in [5.41, 5.74) is 2.75. The van der Waals surface area contributed by atoms with E-state index in [4.69, 9.17) is 0 Å². The van der Waals surface area contributed by atoms with Crippen LogP contribution in [0.5, 0.6) is 0 Å². The highest BCUT2D eigenvalue weighted by molar-refractivity contribution is 7.80. The molecular formula is C28H24NO2P. The maximum atomic E-state index is 13.5. The Bertz CT molecular complexity index is 1190. The van der Waals surface area contributed by atoms with Gasteiger partial charge in [-0.3, -0.25) is 4.79 Å². The maximum absolute atomic E-state index is 13.5. The summed E-state index contributed by atoms with van der Waals surface area (Å²) in [6.45, 7) is 0. The Morgan fingerprint density at radius 3 is 2.00 bits per heavy atom. The fourth-order valence-corrected chi connectivity index (χ4v) is 6.86. The Morgan fingerprint density at radius 1 is 0.750 bits per heavy atom. The molecule has 1 aliphatic rings. The summed E-state index contributed by atoms with van der Waals surface area (Å²) in [4.78, 5) is 13.5. The van der Waals surface area contributed by atoms with Gasteiger partial charge in [0.1, 0.15) is 0 Å². The molecule has 2 N–H and O–H groups in total. The molecule has 0 radical (unpaired) electrons. The molecule has 5 rings (SSSR count). The smallest absolute Gasteiger partial charge is 0.252 e. The Balaban J connectivity index is 1.54. The summed E-state index contributed by atoms with van der Waals surface area (Å²) in [5, 5.41) is 17.2. The Morgan fingerprint density at radius 2 is 1.31 bits per heavy atom. The molecule has 0 aliphatic heterocycles. The van der Waals surface area contributed by atoms with E-state index in [1.807, 2.05) is 78.9 Å².